The van der Waals surface area contributed by atoms with Crippen molar-refractivity contribution in [3.05, 3.63) is 72.4 Å². The number of alkyl halides is 3. The van der Waals surface area contributed by atoms with E-state index in [0.717, 1.165) is 24.3 Å². The van der Waals surface area contributed by atoms with Crippen molar-refractivity contribution in [1.29, 1.82) is 0 Å². The maximum atomic E-state index is 14.6. The Balaban J connectivity index is 1.14. The Kier molecular flexibility index (Phi) is 10.5. The molecule has 20 heteroatoms. The van der Waals surface area contributed by atoms with Gasteiger partial charge in [0.05, 0.1) is 16.8 Å². The lowest BCUT2D eigenvalue weighted by Gasteiger charge is -2.30. The Bertz CT molecular complexity index is 2510. The molecule has 3 N–H and O–H groups in total. The number of rotatable bonds is 8. The number of hydrogen-bond donors (Lipinski definition) is 3. The maximum Gasteiger partial charge on any atom is 0.573 e. The zero-order valence-corrected chi connectivity index (χ0v) is 32.9. The van der Waals surface area contributed by atoms with Crippen molar-refractivity contribution in [2.45, 2.75) is 99.5 Å². The van der Waals surface area contributed by atoms with Crippen molar-refractivity contribution < 1.29 is 59.2 Å². The van der Waals surface area contributed by atoms with Crippen molar-refractivity contribution in [1.82, 2.24) is 30.4 Å². The first kappa shape index (κ1) is 41.0. The van der Waals surface area contributed by atoms with E-state index in [2.05, 4.69) is 30.2 Å². The van der Waals surface area contributed by atoms with E-state index in [0.29, 0.717) is 43.9 Å². The lowest BCUT2D eigenvalue weighted by atomic mass is 10.0. The normalized spacial score (nSPS) is 26.2. The second-order valence-electron chi connectivity index (χ2n) is 15.9. The first-order valence-electron chi connectivity index (χ1n) is 19.5. The van der Waals surface area contributed by atoms with E-state index in [-0.39, 0.29) is 53.7 Å². The number of carbonyl (C=O) groups excluding carboxylic acids is 4. The highest BCUT2D eigenvalue weighted by Crippen LogP contribution is 2.48. The SMILES string of the molecule is CC1(S(=O)(=O)NC(=O)[C@@]23C[C@H]2/C=C\CCCCC[C@H](NC(=O)c2ccon2)C(=O)N2C[C@H](Oc4nc5cc(F)ccc5c5cc(OC(F)(F)F)ccc45)C[C@H]2C(=O)N3)CC1. The number of allylic oxidation sites excluding steroid dienone is 1. The molecule has 0 bridgehead atoms. The number of nitrogens with one attached hydrogen (secondary N) is 3. The minimum absolute atomic E-state index is 0.0368. The molecule has 8 rings (SSSR count). The second-order valence-corrected chi connectivity index (χ2v) is 18.1. The average Bonchev–Trinajstić information content (AvgIpc) is 3.93. The van der Waals surface area contributed by atoms with Crippen molar-refractivity contribution in [3.63, 3.8) is 0 Å². The molecule has 4 amide bonds. The van der Waals surface area contributed by atoms with Crippen LogP contribution < -0.4 is 24.8 Å². The molecule has 2 aromatic heterocycles. The molecule has 4 aromatic rings. The molecule has 5 atom stereocenters. The van der Waals surface area contributed by atoms with E-state index < -0.39 is 86.0 Å². The number of nitrogens with zero attached hydrogens (tertiary/aromatic N) is 3. The molecule has 60 heavy (non-hydrogen) atoms. The molecular weight excluding hydrogens is 817 g/mol. The molecule has 0 unspecified atom stereocenters. The summed E-state index contributed by atoms with van der Waals surface area (Å²) in [5.74, 6) is -4.98. The molecule has 3 fully saturated rings. The summed E-state index contributed by atoms with van der Waals surface area (Å²) in [7, 11) is -4.09. The van der Waals surface area contributed by atoms with Crippen molar-refractivity contribution in [3.8, 4) is 11.6 Å². The number of hydrogen-bond acceptors (Lipinski definition) is 11. The zero-order chi connectivity index (χ0) is 42.6. The minimum Gasteiger partial charge on any atom is -0.472 e. The van der Waals surface area contributed by atoms with E-state index in [1.54, 1.807) is 6.08 Å². The van der Waals surface area contributed by atoms with Crippen molar-refractivity contribution in [2.24, 2.45) is 5.92 Å². The number of sulfonamides is 1. The van der Waals surface area contributed by atoms with Gasteiger partial charge >= 0.3 is 6.36 Å². The van der Waals surface area contributed by atoms with E-state index in [4.69, 9.17) is 9.26 Å². The van der Waals surface area contributed by atoms with Gasteiger partial charge in [0, 0.05) is 40.6 Å². The fraction of sp³-hybridized carbons (Fsp3) is 0.450. The smallest absolute Gasteiger partial charge is 0.472 e. The van der Waals surface area contributed by atoms with E-state index in [9.17, 15) is 45.2 Å². The highest BCUT2D eigenvalue weighted by atomic mass is 32.2. The number of ether oxygens (including phenoxy) is 2. The third kappa shape index (κ3) is 8.20. The number of amides is 4. The monoisotopic (exact) mass is 856 g/mol. The van der Waals surface area contributed by atoms with Gasteiger partial charge in [-0.2, -0.15) is 0 Å². The summed E-state index contributed by atoms with van der Waals surface area (Å²) in [6.45, 7) is 1.26. The van der Waals surface area contributed by atoms with Gasteiger partial charge in [-0.3, -0.25) is 23.9 Å². The van der Waals surface area contributed by atoms with Crippen molar-refractivity contribution >= 4 is 55.3 Å². The first-order valence-corrected chi connectivity index (χ1v) is 21.0. The van der Waals surface area contributed by atoms with E-state index in [1.807, 2.05) is 6.08 Å². The molecule has 2 aromatic carbocycles. The van der Waals surface area contributed by atoms with Crippen LogP contribution in [0.1, 0.15) is 75.2 Å². The van der Waals surface area contributed by atoms with Gasteiger partial charge in [0.15, 0.2) is 5.69 Å². The number of aromatic nitrogens is 2. The minimum atomic E-state index is -5.00. The molecule has 1 saturated heterocycles. The third-order valence-electron chi connectivity index (χ3n) is 11.7. The topological polar surface area (TPSA) is 199 Å². The van der Waals surface area contributed by atoms with Gasteiger partial charge in [-0.05, 0) is 75.8 Å². The van der Waals surface area contributed by atoms with Gasteiger partial charge < -0.3 is 29.5 Å². The molecule has 0 spiro atoms. The molecular formula is C40H40F4N6O9S. The molecule has 2 aliphatic carbocycles. The Morgan fingerprint density at radius 2 is 1.82 bits per heavy atom. The third-order valence-corrected chi connectivity index (χ3v) is 13.8. The number of carbonyl (C=O) groups is 4. The predicted molar refractivity (Wildman–Crippen MR) is 204 cm³/mol. The quantitative estimate of drug-likeness (QED) is 0.123. The number of halogens is 4. The summed E-state index contributed by atoms with van der Waals surface area (Å²) in [6, 6.07) is 5.85. The summed E-state index contributed by atoms with van der Waals surface area (Å²) in [6.07, 6.45) is 2.10. The lowest BCUT2D eigenvalue weighted by molar-refractivity contribution is -0.274. The fourth-order valence-corrected chi connectivity index (χ4v) is 9.19. The van der Waals surface area contributed by atoms with Crippen LogP contribution >= 0.6 is 0 Å². The summed E-state index contributed by atoms with van der Waals surface area (Å²) < 4.78 is 96.8. The van der Waals surface area contributed by atoms with Crippen LogP contribution in [0.4, 0.5) is 17.6 Å². The van der Waals surface area contributed by atoms with Crippen molar-refractivity contribution in [2.75, 3.05) is 6.54 Å². The van der Waals surface area contributed by atoms with Crippen LogP contribution in [0.15, 0.2) is 65.4 Å². The number of pyridine rings is 1. The Labute approximate surface area is 340 Å². The zero-order valence-electron chi connectivity index (χ0n) is 32.1. The largest absolute Gasteiger partial charge is 0.573 e. The molecule has 318 valence electrons. The molecule has 15 nitrogen and oxygen atoms in total. The van der Waals surface area contributed by atoms with E-state index >= 15 is 0 Å². The van der Waals surface area contributed by atoms with Crippen LogP contribution in [0, 0.1) is 11.7 Å². The van der Waals surface area contributed by atoms with Gasteiger partial charge in [-0.25, -0.2) is 17.8 Å². The first-order chi connectivity index (χ1) is 28.4. The van der Waals surface area contributed by atoms with Gasteiger partial charge in [0.2, 0.25) is 27.7 Å². The molecule has 2 aliphatic heterocycles. The van der Waals surface area contributed by atoms with Crippen LogP contribution in [-0.4, -0.2) is 88.5 Å². The number of benzene rings is 2. The van der Waals surface area contributed by atoms with Gasteiger partial charge in [0.1, 0.15) is 41.6 Å². The van der Waals surface area contributed by atoms with Crippen LogP contribution in [0.3, 0.4) is 0 Å². The number of fused-ring (bicyclic) bond motifs is 5. The van der Waals surface area contributed by atoms with Gasteiger partial charge in [0.25, 0.3) is 11.8 Å². The second kappa shape index (κ2) is 15.3. The standard InChI is InChI=1S/C40H40F4N6O9S/c1-38(14-15-38)60(55,56)49-37(54)39-20-22(39)7-5-3-2-4-6-8-30(45-33(51)29-13-16-57-48-29)36(53)50-21-25(19-32(50)34(52)47-39)58-35-27-12-10-24(59-40(42,43)44)18-28(27)26-11-9-23(41)17-31(26)46-35/h5,7,9-13,16-18,22,25,30,32H,2-4,6,8,14-15,19-21H2,1H3,(H,45,51)(H,47,52)(H,49,54)/b7-5-/t22-,25-,30+,32+,39-/m1/s1. The van der Waals surface area contributed by atoms with Gasteiger partial charge in [-0.15, -0.1) is 13.2 Å². The Morgan fingerprint density at radius 1 is 1.03 bits per heavy atom. The summed E-state index contributed by atoms with van der Waals surface area (Å²) >= 11 is 0. The van der Waals surface area contributed by atoms with Crippen LogP contribution in [0.5, 0.6) is 11.6 Å². The Morgan fingerprint density at radius 3 is 2.55 bits per heavy atom. The lowest BCUT2D eigenvalue weighted by Crippen LogP contribution is -2.58. The predicted octanol–water partition coefficient (Wildman–Crippen LogP) is 4.95. The molecule has 2 saturated carbocycles. The summed E-state index contributed by atoms with van der Waals surface area (Å²) in [4.78, 5) is 61.9. The molecule has 0 radical (unpaired) electrons. The average molecular weight is 857 g/mol. The van der Waals surface area contributed by atoms with Crippen LogP contribution in [-0.2, 0) is 24.4 Å². The maximum absolute atomic E-state index is 14.6. The molecule has 4 heterocycles. The van der Waals surface area contributed by atoms with Crippen LogP contribution in [0.25, 0.3) is 21.7 Å². The van der Waals surface area contributed by atoms with Crippen LogP contribution in [0.2, 0.25) is 0 Å². The molecule has 4 aliphatic rings. The summed E-state index contributed by atoms with van der Waals surface area (Å²) in [5.41, 5.74) is -1.70. The Hall–Kier alpha value is -5.79. The fourth-order valence-electron chi connectivity index (χ4n) is 7.88. The summed E-state index contributed by atoms with van der Waals surface area (Å²) in [5, 5.41) is 9.84. The highest BCUT2D eigenvalue weighted by molar-refractivity contribution is 7.91. The van der Waals surface area contributed by atoms with Gasteiger partial charge in [-0.1, -0.05) is 30.2 Å². The van der Waals surface area contributed by atoms with E-state index in [1.165, 1.54) is 36.3 Å². The highest BCUT2D eigenvalue weighted by Gasteiger charge is 2.63.